The van der Waals surface area contributed by atoms with Gasteiger partial charge >= 0.3 is 6.03 Å². The molecule has 7 nitrogen and oxygen atoms in total. The van der Waals surface area contributed by atoms with Crippen LogP contribution in [0.15, 0.2) is 28.1 Å². The first-order chi connectivity index (χ1) is 9.76. The SMILES string of the molecule is CCNC(=O)Nc1ccc2nc(-c3nccs3)oc2n1. The number of amides is 2. The largest absolute Gasteiger partial charge is 0.415 e. The number of hydrogen-bond donors (Lipinski definition) is 2. The van der Waals surface area contributed by atoms with Gasteiger partial charge in [-0.15, -0.1) is 11.3 Å². The summed E-state index contributed by atoms with van der Waals surface area (Å²) < 4.78 is 5.55. The molecule has 0 unspecified atom stereocenters. The van der Waals surface area contributed by atoms with E-state index in [-0.39, 0.29) is 6.03 Å². The van der Waals surface area contributed by atoms with Crippen molar-refractivity contribution < 1.29 is 9.21 Å². The van der Waals surface area contributed by atoms with Gasteiger partial charge in [0.1, 0.15) is 11.3 Å². The summed E-state index contributed by atoms with van der Waals surface area (Å²) >= 11 is 1.44. The van der Waals surface area contributed by atoms with Gasteiger partial charge in [-0.25, -0.2) is 14.8 Å². The Balaban J connectivity index is 1.89. The molecular weight excluding hydrogens is 278 g/mol. The highest BCUT2D eigenvalue weighted by atomic mass is 32.1. The molecule has 3 rings (SSSR count). The van der Waals surface area contributed by atoms with Crippen LogP contribution in [0.4, 0.5) is 10.6 Å². The zero-order valence-corrected chi connectivity index (χ0v) is 11.4. The molecule has 3 heterocycles. The molecular formula is C12H11N5O2S. The molecule has 0 spiro atoms. The highest BCUT2D eigenvalue weighted by Crippen LogP contribution is 2.25. The summed E-state index contributed by atoms with van der Waals surface area (Å²) in [7, 11) is 0. The maximum atomic E-state index is 11.4. The van der Waals surface area contributed by atoms with Crippen LogP contribution in [-0.4, -0.2) is 27.5 Å². The number of aromatic nitrogens is 3. The maximum Gasteiger partial charge on any atom is 0.320 e. The average molecular weight is 289 g/mol. The summed E-state index contributed by atoms with van der Waals surface area (Å²) in [5.74, 6) is 0.836. The standard InChI is InChI=1S/C12H11N5O2S/c1-2-13-12(18)17-8-4-3-7-9(16-8)19-10(15-7)11-14-5-6-20-11/h3-6H,2H2,1H3,(H2,13,16,17,18). The summed E-state index contributed by atoms with van der Waals surface area (Å²) in [6.45, 7) is 2.39. The molecule has 0 aromatic carbocycles. The second-order valence-corrected chi connectivity index (χ2v) is 4.76. The lowest BCUT2D eigenvalue weighted by atomic mass is 10.4. The van der Waals surface area contributed by atoms with Crippen LogP contribution in [0.3, 0.4) is 0 Å². The number of oxazole rings is 1. The fourth-order valence-corrected chi connectivity index (χ4v) is 2.19. The lowest BCUT2D eigenvalue weighted by Crippen LogP contribution is -2.28. The molecule has 20 heavy (non-hydrogen) atoms. The molecule has 0 radical (unpaired) electrons. The smallest absolute Gasteiger partial charge is 0.320 e. The number of hydrogen-bond acceptors (Lipinski definition) is 6. The van der Waals surface area contributed by atoms with E-state index in [1.807, 2.05) is 12.3 Å². The topological polar surface area (TPSA) is 92.9 Å². The molecule has 3 aromatic heterocycles. The second-order valence-electron chi connectivity index (χ2n) is 3.86. The van der Waals surface area contributed by atoms with Gasteiger partial charge in [0.05, 0.1) is 0 Å². The molecule has 0 aliphatic rings. The van der Waals surface area contributed by atoms with Crippen LogP contribution in [0.5, 0.6) is 0 Å². The highest BCUT2D eigenvalue weighted by Gasteiger charge is 2.12. The zero-order valence-electron chi connectivity index (χ0n) is 10.6. The molecule has 0 fully saturated rings. The fraction of sp³-hybridized carbons (Fsp3) is 0.167. The van der Waals surface area contributed by atoms with E-state index < -0.39 is 0 Å². The van der Waals surface area contributed by atoms with Crippen molar-refractivity contribution in [2.75, 3.05) is 11.9 Å². The van der Waals surface area contributed by atoms with Gasteiger partial charge in [-0.3, -0.25) is 5.32 Å². The number of carbonyl (C=O) groups excluding carboxylic acids is 1. The average Bonchev–Trinajstić information content (AvgIpc) is 3.07. The van der Waals surface area contributed by atoms with Crippen molar-refractivity contribution in [1.29, 1.82) is 0 Å². The Morgan fingerprint density at radius 2 is 2.30 bits per heavy atom. The zero-order chi connectivity index (χ0) is 13.9. The summed E-state index contributed by atoms with van der Waals surface area (Å²) in [5.41, 5.74) is 0.987. The first-order valence-corrected chi connectivity index (χ1v) is 6.86. The van der Waals surface area contributed by atoms with E-state index in [4.69, 9.17) is 4.42 Å². The van der Waals surface area contributed by atoms with Crippen molar-refractivity contribution in [3.8, 4) is 10.9 Å². The van der Waals surface area contributed by atoms with Gasteiger partial charge < -0.3 is 9.73 Å². The lowest BCUT2D eigenvalue weighted by Gasteiger charge is -2.03. The Morgan fingerprint density at radius 1 is 1.40 bits per heavy atom. The number of carbonyl (C=O) groups is 1. The maximum absolute atomic E-state index is 11.4. The van der Waals surface area contributed by atoms with E-state index in [9.17, 15) is 4.79 Å². The molecule has 0 bridgehead atoms. The van der Waals surface area contributed by atoms with Crippen molar-refractivity contribution in [3.63, 3.8) is 0 Å². The summed E-state index contributed by atoms with van der Waals surface area (Å²) in [6, 6.07) is 3.11. The minimum absolute atomic E-state index is 0.306. The Bertz CT molecular complexity index is 737. The number of rotatable bonds is 3. The number of nitrogens with zero attached hydrogens (tertiary/aromatic N) is 3. The van der Waals surface area contributed by atoms with Crippen LogP contribution < -0.4 is 10.6 Å². The van der Waals surface area contributed by atoms with Crippen LogP contribution in [0.2, 0.25) is 0 Å². The van der Waals surface area contributed by atoms with Gasteiger partial charge in [0, 0.05) is 18.1 Å². The third-order valence-electron chi connectivity index (χ3n) is 2.45. The molecule has 3 aromatic rings. The predicted molar refractivity (Wildman–Crippen MR) is 75.6 cm³/mol. The van der Waals surface area contributed by atoms with Gasteiger partial charge in [0.25, 0.3) is 5.89 Å². The fourth-order valence-electron chi connectivity index (χ4n) is 1.63. The molecule has 102 valence electrons. The first kappa shape index (κ1) is 12.5. The summed E-state index contributed by atoms with van der Waals surface area (Å²) in [5, 5.41) is 7.78. The normalized spacial score (nSPS) is 10.7. The molecule has 0 atom stereocenters. The second kappa shape index (κ2) is 5.25. The number of pyridine rings is 1. The summed E-state index contributed by atoms with van der Waals surface area (Å²) in [4.78, 5) is 24.1. The Labute approximate surface area is 118 Å². The Hall–Kier alpha value is -2.48. The first-order valence-electron chi connectivity index (χ1n) is 5.98. The van der Waals surface area contributed by atoms with Crippen molar-refractivity contribution in [2.45, 2.75) is 6.92 Å². The Kier molecular flexibility index (Phi) is 3.30. The molecule has 0 saturated carbocycles. The Morgan fingerprint density at radius 3 is 3.05 bits per heavy atom. The van der Waals surface area contributed by atoms with E-state index in [2.05, 4.69) is 25.6 Å². The number of anilines is 1. The van der Waals surface area contributed by atoms with Gasteiger partial charge in [-0.05, 0) is 19.1 Å². The minimum Gasteiger partial charge on any atom is -0.415 e. The molecule has 0 aliphatic heterocycles. The van der Waals surface area contributed by atoms with Crippen molar-refractivity contribution in [3.05, 3.63) is 23.7 Å². The highest BCUT2D eigenvalue weighted by molar-refractivity contribution is 7.12. The van der Waals surface area contributed by atoms with E-state index in [1.165, 1.54) is 11.3 Å². The van der Waals surface area contributed by atoms with Crippen molar-refractivity contribution >= 4 is 34.4 Å². The molecule has 2 amide bonds. The predicted octanol–water partition coefficient (Wildman–Crippen LogP) is 2.49. The van der Waals surface area contributed by atoms with Crippen LogP contribution >= 0.6 is 11.3 Å². The van der Waals surface area contributed by atoms with Crippen LogP contribution in [0, 0.1) is 0 Å². The van der Waals surface area contributed by atoms with Crippen molar-refractivity contribution in [2.24, 2.45) is 0 Å². The molecule has 8 heteroatoms. The van der Waals surface area contributed by atoms with Gasteiger partial charge in [0.15, 0.2) is 5.01 Å². The van der Waals surface area contributed by atoms with Crippen molar-refractivity contribution in [1.82, 2.24) is 20.3 Å². The van der Waals surface area contributed by atoms with Crippen LogP contribution in [0.25, 0.3) is 22.1 Å². The van der Waals surface area contributed by atoms with Crippen LogP contribution in [-0.2, 0) is 0 Å². The third-order valence-corrected chi connectivity index (χ3v) is 3.21. The quantitative estimate of drug-likeness (QED) is 0.772. The number of urea groups is 1. The molecule has 0 saturated heterocycles. The van der Waals surface area contributed by atoms with Gasteiger partial charge in [-0.2, -0.15) is 4.98 Å². The number of thiazole rings is 1. The monoisotopic (exact) mass is 289 g/mol. The van der Waals surface area contributed by atoms with E-state index in [0.29, 0.717) is 34.5 Å². The van der Waals surface area contributed by atoms with E-state index in [1.54, 1.807) is 18.3 Å². The minimum atomic E-state index is -0.306. The van der Waals surface area contributed by atoms with E-state index >= 15 is 0 Å². The van der Waals surface area contributed by atoms with E-state index in [0.717, 1.165) is 0 Å². The molecule has 0 aliphatic carbocycles. The number of fused-ring (bicyclic) bond motifs is 1. The van der Waals surface area contributed by atoms with Gasteiger partial charge in [-0.1, -0.05) is 0 Å². The number of nitrogens with one attached hydrogen (secondary N) is 2. The van der Waals surface area contributed by atoms with Gasteiger partial charge in [0.2, 0.25) is 5.71 Å². The molecule has 2 N–H and O–H groups in total. The third kappa shape index (κ3) is 2.45. The lowest BCUT2D eigenvalue weighted by molar-refractivity contribution is 0.252. The van der Waals surface area contributed by atoms with Crippen LogP contribution in [0.1, 0.15) is 6.92 Å². The summed E-state index contributed by atoms with van der Waals surface area (Å²) in [6.07, 6.45) is 1.68.